The third-order valence-electron chi connectivity index (χ3n) is 4.17. The summed E-state index contributed by atoms with van der Waals surface area (Å²) in [5.41, 5.74) is -0.257. The average molecular weight is 306 g/mol. The lowest BCUT2D eigenvalue weighted by Crippen LogP contribution is -2.38. The number of hydrogen-bond donors (Lipinski definition) is 1. The van der Waals surface area contributed by atoms with Crippen LogP contribution in [0.5, 0.6) is 0 Å². The second-order valence-corrected chi connectivity index (χ2v) is 7.80. The molecule has 3 rings (SSSR count). The predicted molar refractivity (Wildman–Crippen MR) is 83.2 cm³/mol. The van der Waals surface area contributed by atoms with E-state index in [1.54, 1.807) is 28.9 Å². The summed E-state index contributed by atoms with van der Waals surface area (Å²) in [4.78, 5) is 18.1. The monoisotopic (exact) mass is 306 g/mol. The average Bonchev–Trinajstić information content (AvgIpc) is 2.93. The molecule has 5 heteroatoms. The zero-order valence-electron chi connectivity index (χ0n) is 11.7. The molecule has 0 bridgehead atoms. The van der Waals surface area contributed by atoms with Gasteiger partial charge in [-0.05, 0) is 23.3 Å². The highest BCUT2D eigenvalue weighted by Gasteiger charge is 2.67. The van der Waals surface area contributed by atoms with E-state index in [4.69, 9.17) is 0 Å². The summed E-state index contributed by atoms with van der Waals surface area (Å²) in [7, 11) is 0. The lowest BCUT2D eigenvalue weighted by molar-refractivity contribution is -0.124. The summed E-state index contributed by atoms with van der Waals surface area (Å²) in [6, 6.07) is 4.11. The number of amides is 1. The van der Waals surface area contributed by atoms with Gasteiger partial charge in [0.05, 0.1) is 10.4 Å². The van der Waals surface area contributed by atoms with Gasteiger partial charge in [-0.15, -0.1) is 22.7 Å². The van der Waals surface area contributed by atoms with Crippen molar-refractivity contribution in [2.75, 3.05) is 6.54 Å². The number of hydrogen-bond acceptors (Lipinski definition) is 4. The highest BCUT2D eigenvalue weighted by Crippen LogP contribution is 2.65. The van der Waals surface area contributed by atoms with Crippen LogP contribution in [0.3, 0.4) is 0 Å². The van der Waals surface area contributed by atoms with Gasteiger partial charge in [0.25, 0.3) is 0 Å². The minimum Gasteiger partial charge on any atom is -0.355 e. The fourth-order valence-corrected chi connectivity index (χ4v) is 4.59. The molecule has 1 aliphatic carbocycles. The molecule has 20 heavy (non-hydrogen) atoms. The number of nitrogens with one attached hydrogen (secondary N) is 1. The molecule has 1 N–H and O–H groups in total. The van der Waals surface area contributed by atoms with E-state index in [-0.39, 0.29) is 16.7 Å². The summed E-state index contributed by atoms with van der Waals surface area (Å²) >= 11 is 3.32. The molecular weight excluding hydrogens is 288 g/mol. The van der Waals surface area contributed by atoms with Gasteiger partial charge in [-0.2, -0.15) is 0 Å². The highest BCUT2D eigenvalue weighted by molar-refractivity contribution is 7.10. The Morgan fingerprint density at radius 1 is 1.40 bits per heavy atom. The van der Waals surface area contributed by atoms with Crippen molar-refractivity contribution in [2.24, 2.45) is 5.41 Å². The number of rotatable bonds is 5. The van der Waals surface area contributed by atoms with Crippen LogP contribution in [0.1, 0.15) is 30.2 Å². The maximum absolute atomic E-state index is 12.6. The van der Waals surface area contributed by atoms with Gasteiger partial charge in [-0.1, -0.05) is 19.9 Å². The van der Waals surface area contributed by atoms with Crippen LogP contribution in [0.25, 0.3) is 0 Å². The fraction of sp³-hybridized carbons (Fsp3) is 0.467. The summed E-state index contributed by atoms with van der Waals surface area (Å²) in [6.07, 6.45) is 3.55. The van der Waals surface area contributed by atoms with Gasteiger partial charge in [0.2, 0.25) is 5.91 Å². The molecule has 0 aliphatic heterocycles. The molecule has 1 fully saturated rings. The Bertz CT molecular complexity index is 589. The van der Waals surface area contributed by atoms with Crippen LogP contribution in [0.2, 0.25) is 0 Å². The molecule has 2 heterocycles. The predicted octanol–water partition coefficient (Wildman–Crippen LogP) is 3.23. The number of aromatic nitrogens is 1. The number of thiazole rings is 1. The van der Waals surface area contributed by atoms with Gasteiger partial charge in [-0.3, -0.25) is 4.79 Å². The molecular formula is C15H18N2OS2. The van der Waals surface area contributed by atoms with E-state index in [1.807, 2.05) is 16.8 Å². The van der Waals surface area contributed by atoms with E-state index in [1.165, 1.54) is 4.88 Å². The van der Waals surface area contributed by atoms with Gasteiger partial charge >= 0.3 is 0 Å². The number of nitrogens with zero attached hydrogens (tertiary/aromatic N) is 1. The van der Waals surface area contributed by atoms with Gasteiger partial charge in [0.15, 0.2) is 0 Å². The standard InChI is InChI=1S/C15H18N2OS2/c1-14(2)10-15(14,11-4-3-8-19-11)13(18)17-6-5-12-16-7-9-20-12/h3-4,7-9H,5-6,10H2,1-2H3,(H,17,18). The van der Waals surface area contributed by atoms with Gasteiger partial charge in [0.1, 0.15) is 0 Å². The molecule has 1 saturated carbocycles. The van der Waals surface area contributed by atoms with E-state index in [9.17, 15) is 4.79 Å². The van der Waals surface area contributed by atoms with Crippen molar-refractivity contribution < 1.29 is 4.79 Å². The zero-order valence-corrected chi connectivity index (χ0v) is 13.3. The molecule has 1 unspecified atom stereocenters. The Hall–Kier alpha value is -1.20. The van der Waals surface area contributed by atoms with Crippen molar-refractivity contribution in [3.05, 3.63) is 39.0 Å². The molecule has 2 aromatic rings. The van der Waals surface area contributed by atoms with Crippen LogP contribution in [0.4, 0.5) is 0 Å². The van der Waals surface area contributed by atoms with Crippen LogP contribution in [0.15, 0.2) is 29.1 Å². The van der Waals surface area contributed by atoms with Crippen LogP contribution in [-0.4, -0.2) is 17.4 Å². The second kappa shape index (κ2) is 4.97. The van der Waals surface area contributed by atoms with Crippen molar-refractivity contribution in [1.82, 2.24) is 10.3 Å². The van der Waals surface area contributed by atoms with Gasteiger partial charge in [0, 0.05) is 29.4 Å². The van der Waals surface area contributed by atoms with Crippen molar-refractivity contribution >= 4 is 28.6 Å². The Balaban J connectivity index is 1.66. The normalized spacial score (nSPS) is 23.5. The van der Waals surface area contributed by atoms with Crippen molar-refractivity contribution in [2.45, 2.75) is 32.1 Å². The molecule has 0 radical (unpaired) electrons. The second-order valence-electron chi connectivity index (χ2n) is 5.88. The number of thiophene rings is 1. The fourth-order valence-electron chi connectivity index (χ4n) is 2.87. The van der Waals surface area contributed by atoms with Crippen LogP contribution >= 0.6 is 22.7 Å². The Kier molecular flexibility index (Phi) is 3.42. The molecule has 3 nitrogen and oxygen atoms in total. The first-order chi connectivity index (χ1) is 9.56. The minimum absolute atomic E-state index is 0.0586. The molecule has 1 amide bonds. The Labute approximate surface area is 127 Å². The summed E-state index contributed by atoms with van der Waals surface area (Å²) < 4.78 is 0. The van der Waals surface area contributed by atoms with Crippen LogP contribution in [0, 0.1) is 5.41 Å². The van der Waals surface area contributed by atoms with E-state index in [0.29, 0.717) is 6.54 Å². The largest absolute Gasteiger partial charge is 0.355 e. The topological polar surface area (TPSA) is 42.0 Å². The molecule has 2 aromatic heterocycles. The van der Waals surface area contributed by atoms with Crippen molar-refractivity contribution in [1.29, 1.82) is 0 Å². The van der Waals surface area contributed by atoms with Crippen molar-refractivity contribution in [3.63, 3.8) is 0 Å². The maximum Gasteiger partial charge on any atom is 0.232 e. The quantitative estimate of drug-likeness (QED) is 0.921. The third kappa shape index (κ3) is 2.19. The molecule has 0 aromatic carbocycles. The zero-order chi connectivity index (χ0) is 14.2. The van der Waals surface area contributed by atoms with E-state index in [2.05, 4.69) is 30.2 Å². The van der Waals surface area contributed by atoms with E-state index < -0.39 is 0 Å². The van der Waals surface area contributed by atoms with Gasteiger partial charge in [-0.25, -0.2) is 4.98 Å². The summed E-state index contributed by atoms with van der Waals surface area (Å²) in [5.74, 6) is 0.168. The SMILES string of the molecule is CC1(C)CC1(C(=O)NCCc1nccs1)c1cccs1. The first-order valence-electron chi connectivity index (χ1n) is 6.77. The lowest BCUT2D eigenvalue weighted by Gasteiger charge is -2.18. The van der Waals surface area contributed by atoms with Crippen molar-refractivity contribution in [3.8, 4) is 0 Å². The third-order valence-corrected chi connectivity index (χ3v) is 6.05. The first kappa shape index (κ1) is 13.8. The van der Waals surface area contributed by atoms with Crippen LogP contribution < -0.4 is 5.32 Å². The highest BCUT2D eigenvalue weighted by atomic mass is 32.1. The Morgan fingerprint density at radius 3 is 2.75 bits per heavy atom. The van der Waals surface area contributed by atoms with Gasteiger partial charge < -0.3 is 5.32 Å². The summed E-state index contributed by atoms with van der Waals surface area (Å²) in [6.45, 7) is 5.01. The first-order valence-corrected chi connectivity index (χ1v) is 8.53. The van der Waals surface area contributed by atoms with E-state index >= 15 is 0 Å². The molecule has 106 valence electrons. The maximum atomic E-state index is 12.6. The van der Waals surface area contributed by atoms with Crippen LogP contribution in [-0.2, 0) is 16.6 Å². The Morgan fingerprint density at radius 2 is 2.20 bits per heavy atom. The molecule has 1 atom stereocenters. The summed E-state index contributed by atoms with van der Waals surface area (Å²) in [5, 5.41) is 8.19. The van der Waals surface area contributed by atoms with E-state index in [0.717, 1.165) is 17.8 Å². The molecule has 1 aliphatic rings. The number of carbonyl (C=O) groups excluding carboxylic acids is 1. The lowest BCUT2D eigenvalue weighted by atomic mass is 9.93. The minimum atomic E-state index is -0.315. The molecule has 0 saturated heterocycles. The molecule has 0 spiro atoms. The number of carbonyl (C=O) groups is 1. The smallest absolute Gasteiger partial charge is 0.232 e.